The van der Waals surface area contributed by atoms with E-state index in [4.69, 9.17) is 5.73 Å². The number of carbonyl (C=O) groups is 1. The second kappa shape index (κ2) is 5.64. The van der Waals surface area contributed by atoms with Gasteiger partial charge in [-0.3, -0.25) is 4.79 Å². The van der Waals surface area contributed by atoms with E-state index in [9.17, 15) is 4.79 Å². The highest BCUT2D eigenvalue weighted by Crippen LogP contribution is 2.47. The Kier molecular flexibility index (Phi) is 3.60. The fourth-order valence-electron chi connectivity index (χ4n) is 4.61. The molecule has 0 aliphatic heterocycles. The lowest BCUT2D eigenvalue weighted by Gasteiger charge is -2.27. The molecular formula is C18H24N4O. The molecule has 23 heavy (non-hydrogen) atoms. The van der Waals surface area contributed by atoms with Gasteiger partial charge in [0, 0.05) is 19.1 Å². The van der Waals surface area contributed by atoms with Gasteiger partial charge in [0.2, 0.25) is 5.91 Å². The minimum absolute atomic E-state index is 0.0226. The molecule has 5 nitrogen and oxygen atoms in total. The molecule has 5 heteroatoms. The van der Waals surface area contributed by atoms with Gasteiger partial charge in [0.15, 0.2) is 0 Å². The van der Waals surface area contributed by atoms with Crippen molar-refractivity contribution in [1.29, 1.82) is 0 Å². The number of nitrogens with zero attached hydrogens (tertiary/aromatic N) is 2. The van der Waals surface area contributed by atoms with Crippen LogP contribution in [-0.4, -0.2) is 28.0 Å². The van der Waals surface area contributed by atoms with E-state index in [2.05, 4.69) is 20.9 Å². The van der Waals surface area contributed by atoms with E-state index in [-0.39, 0.29) is 17.9 Å². The summed E-state index contributed by atoms with van der Waals surface area (Å²) in [6.07, 6.45) is 3.52. The Hall–Kier alpha value is -1.88. The molecule has 2 saturated carbocycles. The number of benzene rings is 1. The van der Waals surface area contributed by atoms with Gasteiger partial charge in [-0.2, -0.15) is 0 Å². The first-order valence-corrected chi connectivity index (χ1v) is 8.60. The van der Waals surface area contributed by atoms with Crippen LogP contribution >= 0.6 is 0 Å². The third-order valence-electron chi connectivity index (χ3n) is 5.76. The lowest BCUT2D eigenvalue weighted by molar-refractivity contribution is -0.127. The number of imidazole rings is 1. The van der Waals surface area contributed by atoms with E-state index in [1.807, 2.05) is 25.1 Å². The zero-order valence-electron chi connectivity index (χ0n) is 13.5. The predicted octanol–water partition coefficient (Wildman–Crippen LogP) is 1.83. The van der Waals surface area contributed by atoms with E-state index in [1.165, 1.54) is 12.8 Å². The van der Waals surface area contributed by atoms with Crippen molar-refractivity contribution in [3.05, 3.63) is 30.1 Å². The molecule has 0 saturated heterocycles. The van der Waals surface area contributed by atoms with Gasteiger partial charge in [0.1, 0.15) is 5.82 Å². The van der Waals surface area contributed by atoms with Crippen molar-refractivity contribution in [1.82, 2.24) is 14.9 Å². The topological polar surface area (TPSA) is 72.9 Å². The summed E-state index contributed by atoms with van der Waals surface area (Å²) >= 11 is 0. The molecule has 4 unspecified atom stereocenters. The highest BCUT2D eigenvalue weighted by Gasteiger charge is 2.48. The standard InChI is InChI=1S/C18H24N4O/c1-11-21-14-4-2-3-5-15(14)22(11)9-8-20-18(23)16-12-6-7-13(10-12)17(16)19/h2-5,12-13,16-17H,6-10,19H2,1H3,(H,20,23). The van der Waals surface area contributed by atoms with Crippen LogP contribution in [0.3, 0.4) is 0 Å². The molecule has 0 radical (unpaired) electrons. The minimum atomic E-state index is 0.0226. The normalized spacial score (nSPS) is 29.3. The minimum Gasteiger partial charge on any atom is -0.354 e. The number of hydrogen-bond donors (Lipinski definition) is 2. The molecule has 2 aliphatic rings. The molecule has 1 amide bonds. The molecule has 2 aliphatic carbocycles. The van der Waals surface area contributed by atoms with Crippen LogP contribution < -0.4 is 11.1 Å². The summed E-state index contributed by atoms with van der Waals surface area (Å²) in [6, 6.07) is 8.17. The van der Waals surface area contributed by atoms with Crippen LogP contribution in [0.4, 0.5) is 0 Å². The highest BCUT2D eigenvalue weighted by molar-refractivity contribution is 5.80. The van der Waals surface area contributed by atoms with Crippen molar-refractivity contribution in [3.8, 4) is 0 Å². The monoisotopic (exact) mass is 312 g/mol. The zero-order chi connectivity index (χ0) is 16.0. The van der Waals surface area contributed by atoms with Gasteiger partial charge in [0.05, 0.1) is 17.0 Å². The van der Waals surface area contributed by atoms with Crippen molar-refractivity contribution < 1.29 is 4.79 Å². The Balaban J connectivity index is 1.40. The first-order valence-electron chi connectivity index (χ1n) is 8.60. The predicted molar refractivity (Wildman–Crippen MR) is 89.8 cm³/mol. The molecular weight excluding hydrogens is 288 g/mol. The van der Waals surface area contributed by atoms with Crippen LogP contribution in [0.25, 0.3) is 11.0 Å². The molecule has 1 aromatic heterocycles. The number of hydrogen-bond acceptors (Lipinski definition) is 3. The lowest BCUT2D eigenvalue weighted by Crippen LogP contribution is -2.45. The van der Waals surface area contributed by atoms with Crippen LogP contribution in [-0.2, 0) is 11.3 Å². The van der Waals surface area contributed by atoms with Gasteiger partial charge >= 0.3 is 0 Å². The van der Waals surface area contributed by atoms with E-state index in [0.717, 1.165) is 29.8 Å². The van der Waals surface area contributed by atoms with E-state index in [1.54, 1.807) is 0 Å². The van der Waals surface area contributed by atoms with Crippen molar-refractivity contribution in [2.45, 2.75) is 38.8 Å². The maximum atomic E-state index is 12.5. The van der Waals surface area contributed by atoms with E-state index < -0.39 is 0 Å². The number of aromatic nitrogens is 2. The molecule has 3 N–H and O–H groups in total. The first kappa shape index (κ1) is 14.7. The van der Waals surface area contributed by atoms with E-state index >= 15 is 0 Å². The van der Waals surface area contributed by atoms with Gasteiger partial charge in [-0.25, -0.2) is 4.98 Å². The molecule has 2 fully saturated rings. The van der Waals surface area contributed by atoms with Gasteiger partial charge < -0.3 is 15.6 Å². The van der Waals surface area contributed by atoms with Gasteiger partial charge in [-0.05, 0) is 50.2 Å². The number of aryl methyl sites for hydroxylation is 1. The summed E-state index contributed by atoms with van der Waals surface area (Å²) in [5.41, 5.74) is 8.38. The Morgan fingerprint density at radius 2 is 2.13 bits per heavy atom. The second-order valence-corrected chi connectivity index (χ2v) is 7.03. The summed E-state index contributed by atoms with van der Waals surface area (Å²) < 4.78 is 2.16. The summed E-state index contributed by atoms with van der Waals surface area (Å²) in [6.45, 7) is 3.38. The second-order valence-electron chi connectivity index (χ2n) is 7.03. The molecule has 122 valence electrons. The third kappa shape index (κ3) is 2.43. The summed E-state index contributed by atoms with van der Waals surface area (Å²) in [5, 5.41) is 3.10. The number of amides is 1. The Labute approximate surface area is 136 Å². The average Bonchev–Trinajstić information content (AvgIpc) is 3.20. The quantitative estimate of drug-likeness (QED) is 0.904. The van der Waals surface area contributed by atoms with Gasteiger partial charge in [-0.1, -0.05) is 12.1 Å². The molecule has 1 aromatic carbocycles. The summed E-state index contributed by atoms with van der Waals surface area (Å²) in [7, 11) is 0. The SMILES string of the molecule is Cc1nc2ccccc2n1CCNC(=O)C1C2CCC(C2)C1N. The van der Waals surface area contributed by atoms with Crippen LogP contribution in [0, 0.1) is 24.7 Å². The maximum absolute atomic E-state index is 12.5. The summed E-state index contributed by atoms with van der Waals surface area (Å²) in [4.78, 5) is 17.1. The number of rotatable bonds is 4. The lowest BCUT2D eigenvalue weighted by atomic mass is 9.84. The summed E-state index contributed by atoms with van der Waals surface area (Å²) in [5.74, 6) is 2.22. The van der Waals surface area contributed by atoms with Crippen LogP contribution in [0.15, 0.2) is 24.3 Å². The van der Waals surface area contributed by atoms with Crippen LogP contribution in [0.5, 0.6) is 0 Å². The van der Waals surface area contributed by atoms with Crippen LogP contribution in [0.1, 0.15) is 25.1 Å². The van der Waals surface area contributed by atoms with Crippen LogP contribution in [0.2, 0.25) is 0 Å². The van der Waals surface area contributed by atoms with Crippen molar-refractivity contribution in [2.75, 3.05) is 6.54 Å². The molecule has 2 bridgehead atoms. The molecule has 4 rings (SSSR count). The molecule has 1 heterocycles. The van der Waals surface area contributed by atoms with Crippen molar-refractivity contribution in [3.63, 3.8) is 0 Å². The Bertz CT molecular complexity index is 736. The van der Waals surface area contributed by atoms with Crippen molar-refractivity contribution >= 4 is 16.9 Å². The molecule has 0 spiro atoms. The maximum Gasteiger partial charge on any atom is 0.225 e. The number of nitrogens with one attached hydrogen (secondary N) is 1. The van der Waals surface area contributed by atoms with Gasteiger partial charge in [0.25, 0.3) is 0 Å². The fraction of sp³-hybridized carbons (Fsp3) is 0.556. The molecule has 2 aromatic rings. The zero-order valence-corrected chi connectivity index (χ0v) is 13.5. The Morgan fingerprint density at radius 3 is 2.91 bits per heavy atom. The Morgan fingerprint density at radius 1 is 1.35 bits per heavy atom. The number of fused-ring (bicyclic) bond motifs is 3. The highest BCUT2D eigenvalue weighted by atomic mass is 16.1. The largest absolute Gasteiger partial charge is 0.354 e. The first-order chi connectivity index (χ1) is 11.1. The number of para-hydroxylation sites is 2. The smallest absolute Gasteiger partial charge is 0.225 e. The number of carbonyl (C=O) groups excluding carboxylic acids is 1. The van der Waals surface area contributed by atoms with Crippen molar-refractivity contribution in [2.24, 2.45) is 23.5 Å². The average molecular weight is 312 g/mol. The van der Waals surface area contributed by atoms with Gasteiger partial charge in [-0.15, -0.1) is 0 Å². The van der Waals surface area contributed by atoms with E-state index in [0.29, 0.717) is 18.4 Å². The molecule has 4 atom stereocenters. The third-order valence-corrected chi connectivity index (χ3v) is 5.76. The number of nitrogens with two attached hydrogens (primary N) is 1. The fourth-order valence-corrected chi connectivity index (χ4v) is 4.61.